The van der Waals surface area contributed by atoms with E-state index >= 15 is 0 Å². The average molecular weight is 407 g/mol. The van der Waals surface area contributed by atoms with Crippen molar-refractivity contribution in [2.45, 2.75) is 89.8 Å². The zero-order valence-corrected chi connectivity index (χ0v) is 18.8. The van der Waals surface area contributed by atoms with Crippen molar-refractivity contribution in [3.8, 4) is 16.9 Å². The molecule has 0 N–H and O–H groups in total. The Labute approximate surface area is 183 Å². The lowest BCUT2D eigenvalue weighted by Crippen LogP contribution is -2.13. The van der Waals surface area contributed by atoms with E-state index in [1.54, 1.807) is 0 Å². The van der Waals surface area contributed by atoms with Gasteiger partial charge in [0.25, 0.3) is 0 Å². The molecule has 0 radical (unpaired) electrons. The van der Waals surface area contributed by atoms with Gasteiger partial charge in [-0.15, -0.1) is 0 Å². The molecule has 0 aromatic heterocycles. The fraction of sp³-hybridized carbons (Fsp3) is 0.571. The summed E-state index contributed by atoms with van der Waals surface area (Å²) >= 11 is 0. The second-order valence-corrected chi connectivity index (χ2v) is 9.32. The van der Waals surface area contributed by atoms with Gasteiger partial charge in [0.15, 0.2) is 0 Å². The molecule has 2 fully saturated rings. The van der Waals surface area contributed by atoms with E-state index < -0.39 is 0 Å². The first kappa shape index (κ1) is 21.4. The van der Waals surface area contributed by atoms with E-state index in [1.165, 1.54) is 74.5 Å². The molecule has 1 saturated carbocycles. The smallest absolute Gasteiger partial charge is 0.119 e. The predicted octanol–water partition coefficient (Wildman–Crippen LogP) is 7.76. The SMILES string of the molecule is CCCCC1OC1COc1ccc(-c2ccc(C3CCC(CCC)CC3)cc2)cc1. The standard InChI is InChI=1S/C28H38O2/c1-3-5-7-27-28(30-27)20-29-26-18-16-25(17-19-26)24-14-12-23(13-15-24)22-10-8-21(6-4-2)9-11-22/h12-19,21-22,27-28H,3-11,20H2,1-2H3. The lowest BCUT2D eigenvalue weighted by Gasteiger charge is -2.28. The molecule has 2 unspecified atom stereocenters. The molecule has 2 aromatic carbocycles. The van der Waals surface area contributed by atoms with Gasteiger partial charge in [0.2, 0.25) is 0 Å². The second-order valence-electron chi connectivity index (χ2n) is 9.32. The summed E-state index contributed by atoms with van der Waals surface area (Å²) in [6.07, 6.45) is 12.6. The van der Waals surface area contributed by atoms with Crippen LogP contribution in [0.25, 0.3) is 11.1 Å². The molecular weight excluding hydrogens is 368 g/mol. The van der Waals surface area contributed by atoms with Crippen molar-refractivity contribution < 1.29 is 9.47 Å². The maximum atomic E-state index is 5.93. The molecule has 4 rings (SSSR count). The molecule has 2 atom stereocenters. The van der Waals surface area contributed by atoms with E-state index in [-0.39, 0.29) is 0 Å². The highest BCUT2D eigenvalue weighted by Gasteiger charge is 2.38. The molecule has 2 aromatic rings. The summed E-state index contributed by atoms with van der Waals surface area (Å²) in [6, 6.07) is 17.8. The van der Waals surface area contributed by atoms with Crippen LogP contribution in [0.1, 0.15) is 83.1 Å². The Hall–Kier alpha value is -1.80. The first-order chi connectivity index (χ1) is 14.8. The van der Waals surface area contributed by atoms with Crippen LogP contribution in [-0.2, 0) is 4.74 Å². The van der Waals surface area contributed by atoms with Crippen LogP contribution in [0.2, 0.25) is 0 Å². The third-order valence-electron chi connectivity index (χ3n) is 7.06. The number of epoxide rings is 1. The number of rotatable bonds is 10. The predicted molar refractivity (Wildman–Crippen MR) is 125 cm³/mol. The minimum absolute atomic E-state index is 0.292. The van der Waals surface area contributed by atoms with Gasteiger partial charge in [0.1, 0.15) is 18.5 Å². The fourth-order valence-electron chi connectivity index (χ4n) is 5.05. The maximum absolute atomic E-state index is 5.93. The summed E-state index contributed by atoms with van der Waals surface area (Å²) in [5, 5.41) is 0. The fourth-order valence-corrected chi connectivity index (χ4v) is 5.05. The van der Waals surface area contributed by atoms with Crippen molar-refractivity contribution in [1.82, 2.24) is 0 Å². The van der Waals surface area contributed by atoms with Gasteiger partial charge in [0, 0.05) is 0 Å². The summed E-state index contributed by atoms with van der Waals surface area (Å²) in [6.45, 7) is 5.21. The van der Waals surface area contributed by atoms with E-state index in [2.05, 4.69) is 62.4 Å². The average Bonchev–Trinajstić information content (AvgIpc) is 3.56. The van der Waals surface area contributed by atoms with Gasteiger partial charge < -0.3 is 9.47 Å². The zero-order valence-electron chi connectivity index (χ0n) is 18.8. The molecule has 2 nitrogen and oxygen atoms in total. The molecule has 162 valence electrons. The van der Waals surface area contributed by atoms with Crippen LogP contribution >= 0.6 is 0 Å². The molecule has 1 heterocycles. The van der Waals surface area contributed by atoms with Gasteiger partial charge in [-0.05, 0) is 72.8 Å². The van der Waals surface area contributed by atoms with Crippen molar-refractivity contribution in [3.05, 3.63) is 54.1 Å². The van der Waals surface area contributed by atoms with E-state index in [1.807, 2.05) is 0 Å². The first-order valence-corrected chi connectivity index (χ1v) is 12.3. The van der Waals surface area contributed by atoms with Gasteiger partial charge in [-0.3, -0.25) is 0 Å². The summed E-state index contributed by atoms with van der Waals surface area (Å²) in [5.41, 5.74) is 4.06. The summed E-state index contributed by atoms with van der Waals surface area (Å²) in [5.74, 6) is 2.66. The molecule has 0 bridgehead atoms. The molecule has 1 saturated heterocycles. The van der Waals surface area contributed by atoms with Crippen LogP contribution in [0.3, 0.4) is 0 Å². The lowest BCUT2D eigenvalue weighted by atomic mass is 9.77. The maximum Gasteiger partial charge on any atom is 0.119 e. The normalized spacial score (nSPS) is 25.8. The third kappa shape index (κ3) is 5.66. The molecule has 2 aliphatic rings. The topological polar surface area (TPSA) is 21.8 Å². The summed E-state index contributed by atoms with van der Waals surface area (Å²) < 4.78 is 11.6. The summed E-state index contributed by atoms with van der Waals surface area (Å²) in [4.78, 5) is 0. The minimum Gasteiger partial charge on any atom is -0.491 e. The van der Waals surface area contributed by atoms with Crippen LogP contribution in [0.4, 0.5) is 0 Å². The Morgan fingerprint density at radius 2 is 1.43 bits per heavy atom. The van der Waals surface area contributed by atoms with Crippen LogP contribution in [0, 0.1) is 5.92 Å². The Balaban J connectivity index is 1.26. The highest BCUT2D eigenvalue weighted by molar-refractivity contribution is 5.64. The van der Waals surface area contributed by atoms with Gasteiger partial charge in [0.05, 0.1) is 6.10 Å². The van der Waals surface area contributed by atoms with Crippen molar-refractivity contribution in [2.75, 3.05) is 6.61 Å². The van der Waals surface area contributed by atoms with Gasteiger partial charge in [-0.25, -0.2) is 0 Å². The van der Waals surface area contributed by atoms with Crippen molar-refractivity contribution in [2.24, 2.45) is 5.92 Å². The second kappa shape index (κ2) is 10.5. The molecular formula is C28H38O2. The Kier molecular flexibility index (Phi) is 7.49. The quantitative estimate of drug-likeness (QED) is 0.376. The number of hydrogen-bond acceptors (Lipinski definition) is 2. The Bertz CT molecular complexity index is 756. The molecule has 30 heavy (non-hydrogen) atoms. The first-order valence-electron chi connectivity index (χ1n) is 12.3. The summed E-state index contributed by atoms with van der Waals surface area (Å²) in [7, 11) is 0. The molecule has 1 aliphatic carbocycles. The number of hydrogen-bond donors (Lipinski definition) is 0. The molecule has 0 amide bonds. The largest absolute Gasteiger partial charge is 0.491 e. The van der Waals surface area contributed by atoms with E-state index in [0.717, 1.165) is 17.6 Å². The highest BCUT2D eigenvalue weighted by atomic mass is 16.6. The highest BCUT2D eigenvalue weighted by Crippen LogP contribution is 2.38. The number of benzene rings is 2. The van der Waals surface area contributed by atoms with Gasteiger partial charge in [-0.1, -0.05) is 75.9 Å². The van der Waals surface area contributed by atoms with Gasteiger partial charge in [-0.2, -0.15) is 0 Å². The molecule has 2 heteroatoms. The van der Waals surface area contributed by atoms with Gasteiger partial charge >= 0.3 is 0 Å². The van der Waals surface area contributed by atoms with E-state index in [0.29, 0.717) is 18.8 Å². The van der Waals surface area contributed by atoms with Crippen LogP contribution in [0.15, 0.2) is 48.5 Å². The van der Waals surface area contributed by atoms with Crippen LogP contribution in [0.5, 0.6) is 5.75 Å². The van der Waals surface area contributed by atoms with Crippen molar-refractivity contribution >= 4 is 0 Å². The molecule has 1 aliphatic heterocycles. The number of ether oxygens (including phenoxy) is 2. The molecule has 0 spiro atoms. The zero-order chi connectivity index (χ0) is 20.8. The van der Waals surface area contributed by atoms with Crippen LogP contribution in [-0.4, -0.2) is 18.8 Å². The van der Waals surface area contributed by atoms with E-state index in [4.69, 9.17) is 9.47 Å². The monoisotopic (exact) mass is 406 g/mol. The van der Waals surface area contributed by atoms with Crippen LogP contribution < -0.4 is 4.74 Å². The lowest BCUT2D eigenvalue weighted by molar-refractivity contribution is 0.259. The number of unbranched alkanes of at least 4 members (excludes halogenated alkanes) is 1. The third-order valence-corrected chi connectivity index (χ3v) is 7.06. The van der Waals surface area contributed by atoms with Crippen molar-refractivity contribution in [3.63, 3.8) is 0 Å². The van der Waals surface area contributed by atoms with Crippen molar-refractivity contribution in [1.29, 1.82) is 0 Å². The Morgan fingerprint density at radius 1 is 0.767 bits per heavy atom. The Morgan fingerprint density at radius 3 is 2.07 bits per heavy atom. The van der Waals surface area contributed by atoms with E-state index in [9.17, 15) is 0 Å². The minimum atomic E-state index is 0.292.